The van der Waals surface area contributed by atoms with Crippen molar-refractivity contribution in [2.24, 2.45) is 0 Å². The van der Waals surface area contributed by atoms with E-state index >= 15 is 0 Å². The predicted molar refractivity (Wildman–Crippen MR) is 112 cm³/mol. The van der Waals surface area contributed by atoms with Crippen LogP contribution in [0.5, 0.6) is 11.5 Å². The lowest BCUT2D eigenvalue weighted by atomic mass is 10.1. The van der Waals surface area contributed by atoms with Crippen molar-refractivity contribution in [1.29, 1.82) is 0 Å². The van der Waals surface area contributed by atoms with Gasteiger partial charge in [-0.2, -0.15) is 0 Å². The van der Waals surface area contributed by atoms with E-state index in [1.54, 1.807) is 14.2 Å². The van der Waals surface area contributed by atoms with Crippen LogP contribution in [0.25, 0.3) is 10.6 Å². The molecule has 0 aliphatic carbocycles. The second-order valence-corrected chi connectivity index (χ2v) is 7.36. The van der Waals surface area contributed by atoms with E-state index in [9.17, 15) is 4.79 Å². The van der Waals surface area contributed by atoms with Crippen LogP contribution in [0.15, 0.2) is 42.5 Å². The number of aryl methyl sites for hydroxylation is 2. The highest BCUT2D eigenvalue weighted by Crippen LogP contribution is 2.29. The highest BCUT2D eigenvalue weighted by atomic mass is 32.1. The van der Waals surface area contributed by atoms with Gasteiger partial charge in [0.25, 0.3) is 5.91 Å². The molecule has 0 fully saturated rings. The second kappa shape index (κ2) is 8.89. The molecular weight excluding hydrogens is 372 g/mol. The van der Waals surface area contributed by atoms with Crippen LogP contribution in [0.2, 0.25) is 0 Å². The number of thiazole rings is 1. The summed E-state index contributed by atoms with van der Waals surface area (Å²) in [7, 11) is 3.19. The molecule has 0 atom stereocenters. The van der Waals surface area contributed by atoms with Gasteiger partial charge in [0.05, 0.1) is 19.9 Å². The number of carbonyl (C=O) groups excluding carboxylic acids is 1. The highest BCUT2D eigenvalue weighted by Gasteiger charge is 2.16. The van der Waals surface area contributed by atoms with Gasteiger partial charge < -0.3 is 14.8 Å². The maximum atomic E-state index is 12.7. The molecule has 1 amide bonds. The Morgan fingerprint density at radius 2 is 1.71 bits per heavy atom. The van der Waals surface area contributed by atoms with Crippen molar-refractivity contribution in [2.75, 3.05) is 14.2 Å². The number of nitrogens with zero attached hydrogens (tertiary/aromatic N) is 1. The third-order valence-corrected chi connectivity index (χ3v) is 5.72. The molecule has 0 aliphatic rings. The van der Waals surface area contributed by atoms with Crippen molar-refractivity contribution in [3.63, 3.8) is 0 Å². The minimum absolute atomic E-state index is 0.124. The summed E-state index contributed by atoms with van der Waals surface area (Å²) in [5, 5.41) is 3.82. The first-order chi connectivity index (χ1) is 13.5. The number of ether oxygens (including phenoxy) is 2. The van der Waals surface area contributed by atoms with Crippen LogP contribution in [0.3, 0.4) is 0 Å². The first-order valence-corrected chi connectivity index (χ1v) is 9.93. The van der Waals surface area contributed by atoms with Crippen LogP contribution in [0, 0.1) is 6.92 Å². The van der Waals surface area contributed by atoms with E-state index in [0.717, 1.165) is 28.2 Å². The Labute approximate surface area is 169 Å². The fraction of sp³-hybridized carbons (Fsp3) is 0.273. The summed E-state index contributed by atoms with van der Waals surface area (Å²) in [6.45, 7) is 4.40. The molecule has 1 N–H and O–H groups in total. The largest absolute Gasteiger partial charge is 0.493 e. The topological polar surface area (TPSA) is 60.5 Å². The number of methoxy groups -OCH3 is 2. The van der Waals surface area contributed by atoms with Crippen LogP contribution in [-0.4, -0.2) is 25.1 Å². The molecule has 0 saturated carbocycles. The normalized spacial score (nSPS) is 10.6. The van der Waals surface area contributed by atoms with Gasteiger partial charge in [0.15, 0.2) is 11.5 Å². The van der Waals surface area contributed by atoms with Gasteiger partial charge in [-0.05, 0) is 36.6 Å². The van der Waals surface area contributed by atoms with E-state index in [1.165, 1.54) is 16.9 Å². The van der Waals surface area contributed by atoms with E-state index in [2.05, 4.69) is 41.5 Å². The Kier molecular flexibility index (Phi) is 6.31. The van der Waals surface area contributed by atoms with Crippen molar-refractivity contribution < 1.29 is 14.3 Å². The molecule has 0 unspecified atom stereocenters. The molecule has 1 aromatic heterocycles. The quantitative estimate of drug-likeness (QED) is 0.633. The summed E-state index contributed by atoms with van der Waals surface area (Å²) in [4.78, 5) is 17.9. The molecule has 1 heterocycles. The van der Waals surface area contributed by atoms with E-state index in [4.69, 9.17) is 9.47 Å². The van der Waals surface area contributed by atoms with E-state index in [-0.39, 0.29) is 5.91 Å². The lowest BCUT2D eigenvalue weighted by Gasteiger charge is -2.10. The Bertz CT molecular complexity index is 964. The average Bonchev–Trinajstić information content (AvgIpc) is 3.13. The summed E-state index contributed by atoms with van der Waals surface area (Å²) in [5.74, 6) is 1.18. The van der Waals surface area contributed by atoms with Crippen LogP contribution in [0.4, 0.5) is 0 Å². The van der Waals surface area contributed by atoms with Crippen LogP contribution >= 0.6 is 11.3 Å². The molecule has 2 aromatic carbocycles. The monoisotopic (exact) mass is 396 g/mol. The molecule has 0 aliphatic heterocycles. The average molecular weight is 397 g/mol. The van der Waals surface area contributed by atoms with Gasteiger partial charge in [-0.1, -0.05) is 37.3 Å². The molecule has 3 rings (SSSR count). The first kappa shape index (κ1) is 19.9. The molecule has 28 heavy (non-hydrogen) atoms. The number of benzene rings is 2. The summed E-state index contributed by atoms with van der Waals surface area (Å²) in [6, 6.07) is 13.9. The summed E-state index contributed by atoms with van der Waals surface area (Å²) >= 11 is 1.42. The smallest absolute Gasteiger partial charge is 0.263 e. The molecule has 3 aromatic rings. The number of aromatic nitrogens is 1. The predicted octanol–water partition coefficient (Wildman–Crippen LogP) is 4.63. The number of nitrogens with one attached hydrogen (secondary N) is 1. The van der Waals surface area contributed by atoms with Gasteiger partial charge in [0.2, 0.25) is 0 Å². The maximum Gasteiger partial charge on any atom is 0.263 e. The van der Waals surface area contributed by atoms with Crippen LogP contribution < -0.4 is 14.8 Å². The highest BCUT2D eigenvalue weighted by molar-refractivity contribution is 7.17. The maximum absolute atomic E-state index is 12.7. The van der Waals surface area contributed by atoms with Crippen molar-refractivity contribution in [3.8, 4) is 22.1 Å². The molecule has 0 saturated heterocycles. The fourth-order valence-electron chi connectivity index (χ4n) is 2.87. The van der Waals surface area contributed by atoms with E-state index < -0.39 is 0 Å². The van der Waals surface area contributed by atoms with Gasteiger partial charge in [0, 0.05) is 12.1 Å². The van der Waals surface area contributed by atoms with Gasteiger partial charge in [-0.3, -0.25) is 4.79 Å². The fourth-order valence-corrected chi connectivity index (χ4v) is 3.85. The lowest BCUT2D eigenvalue weighted by Crippen LogP contribution is -2.22. The van der Waals surface area contributed by atoms with Gasteiger partial charge >= 0.3 is 0 Å². The van der Waals surface area contributed by atoms with Crippen molar-refractivity contribution >= 4 is 17.2 Å². The van der Waals surface area contributed by atoms with Crippen molar-refractivity contribution in [1.82, 2.24) is 10.3 Å². The van der Waals surface area contributed by atoms with E-state index in [0.29, 0.717) is 22.9 Å². The number of hydrogen-bond donors (Lipinski definition) is 1. The summed E-state index contributed by atoms with van der Waals surface area (Å²) in [5.41, 5.74) is 3.99. The Morgan fingerprint density at radius 1 is 1.04 bits per heavy atom. The van der Waals surface area contributed by atoms with Gasteiger partial charge in [-0.15, -0.1) is 11.3 Å². The molecule has 0 bridgehead atoms. The van der Waals surface area contributed by atoms with E-state index in [1.807, 2.05) is 25.1 Å². The number of rotatable bonds is 7. The Balaban J connectivity index is 1.71. The second-order valence-electron chi connectivity index (χ2n) is 6.36. The molecular formula is C22H24N2O3S. The standard InChI is InChI=1S/C22H24N2O3S/c1-5-15-6-9-17(10-7-15)22-24-14(2)20(28-22)21(25)23-13-16-8-11-18(26-3)19(12-16)27-4/h6-12H,5,13H2,1-4H3,(H,23,25). The number of amides is 1. The number of hydrogen-bond acceptors (Lipinski definition) is 5. The van der Waals surface area contributed by atoms with Gasteiger partial charge in [0.1, 0.15) is 9.88 Å². The summed E-state index contributed by atoms with van der Waals surface area (Å²) < 4.78 is 10.6. The minimum Gasteiger partial charge on any atom is -0.493 e. The molecule has 6 heteroatoms. The Morgan fingerprint density at radius 3 is 2.36 bits per heavy atom. The first-order valence-electron chi connectivity index (χ1n) is 9.11. The van der Waals surface area contributed by atoms with Crippen LogP contribution in [0.1, 0.15) is 33.4 Å². The lowest BCUT2D eigenvalue weighted by molar-refractivity contribution is 0.0954. The van der Waals surface area contributed by atoms with Gasteiger partial charge in [-0.25, -0.2) is 4.98 Å². The third kappa shape index (κ3) is 4.34. The minimum atomic E-state index is -0.124. The zero-order valence-electron chi connectivity index (χ0n) is 16.5. The van der Waals surface area contributed by atoms with Crippen LogP contribution in [-0.2, 0) is 13.0 Å². The third-order valence-electron chi connectivity index (χ3n) is 4.51. The molecule has 0 spiro atoms. The van der Waals surface area contributed by atoms with Crippen molar-refractivity contribution in [2.45, 2.75) is 26.8 Å². The number of carbonyl (C=O) groups is 1. The summed E-state index contributed by atoms with van der Waals surface area (Å²) in [6.07, 6.45) is 1.00. The molecule has 146 valence electrons. The zero-order chi connectivity index (χ0) is 20.1. The molecule has 0 radical (unpaired) electrons. The SMILES string of the molecule is CCc1ccc(-c2nc(C)c(C(=O)NCc3ccc(OC)c(OC)c3)s2)cc1. The molecule has 5 nitrogen and oxygen atoms in total. The Hall–Kier alpha value is -2.86. The van der Waals surface area contributed by atoms with Crippen molar-refractivity contribution in [3.05, 3.63) is 64.2 Å². The zero-order valence-corrected chi connectivity index (χ0v) is 17.4.